The first-order valence-corrected chi connectivity index (χ1v) is 5.72. The van der Waals surface area contributed by atoms with Gasteiger partial charge in [-0.1, -0.05) is 23.2 Å². The van der Waals surface area contributed by atoms with Gasteiger partial charge in [-0.2, -0.15) is 0 Å². The maximum atomic E-state index is 9.59. The minimum absolute atomic E-state index is 0.109. The summed E-state index contributed by atoms with van der Waals surface area (Å²) in [5.74, 6) is -0.219. The maximum absolute atomic E-state index is 9.59. The Morgan fingerprint density at radius 1 is 0.722 bits per heavy atom. The molecule has 0 spiro atoms. The lowest BCUT2D eigenvalue weighted by atomic mass is 10.0. The van der Waals surface area contributed by atoms with E-state index in [1.165, 1.54) is 24.3 Å². The number of phenols is 2. The summed E-state index contributed by atoms with van der Waals surface area (Å²) in [5, 5.41) is 19.8. The standard InChI is InChI=1S/C12H10Cl2N2O2/c13-7-3-9(15)11(17)1-5(7)6-2-12(18)10(16)4-8(6)14/h1-4,17-18H,15-16H2. The van der Waals surface area contributed by atoms with E-state index in [4.69, 9.17) is 34.7 Å². The number of aromatic hydroxyl groups is 2. The molecule has 0 saturated heterocycles. The molecule has 94 valence electrons. The summed E-state index contributed by atoms with van der Waals surface area (Å²) in [6.45, 7) is 0. The number of anilines is 2. The van der Waals surface area contributed by atoms with Gasteiger partial charge in [0.25, 0.3) is 0 Å². The summed E-state index contributed by atoms with van der Waals surface area (Å²) < 4.78 is 0. The van der Waals surface area contributed by atoms with Crippen LogP contribution in [0.5, 0.6) is 11.5 Å². The maximum Gasteiger partial charge on any atom is 0.139 e. The van der Waals surface area contributed by atoms with Gasteiger partial charge in [0.05, 0.1) is 21.4 Å². The van der Waals surface area contributed by atoms with Crippen LogP contribution in [-0.2, 0) is 0 Å². The molecular weight excluding hydrogens is 275 g/mol. The van der Waals surface area contributed by atoms with Gasteiger partial charge in [-0.05, 0) is 24.3 Å². The number of hydrogen-bond donors (Lipinski definition) is 4. The Morgan fingerprint density at radius 2 is 1.06 bits per heavy atom. The van der Waals surface area contributed by atoms with Crippen molar-refractivity contribution in [2.45, 2.75) is 0 Å². The van der Waals surface area contributed by atoms with E-state index in [1.54, 1.807) is 0 Å². The van der Waals surface area contributed by atoms with Crippen LogP contribution in [0.4, 0.5) is 11.4 Å². The lowest BCUT2D eigenvalue weighted by Crippen LogP contribution is -1.91. The fraction of sp³-hybridized carbons (Fsp3) is 0. The molecule has 0 radical (unpaired) electrons. The number of rotatable bonds is 1. The van der Waals surface area contributed by atoms with Crippen molar-refractivity contribution in [1.82, 2.24) is 0 Å². The molecule has 0 aromatic heterocycles. The van der Waals surface area contributed by atoms with Gasteiger partial charge in [0.15, 0.2) is 0 Å². The van der Waals surface area contributed by atoms with Crippen molar-refractivity contribution in [2.75, 3.05) is 11.5 Å². The van der Waals surface area contributed by atoms with Crippen LogP contribution in [0.15, 0.2) is 24.3 Å². The van der Waals surface area contributed by atoms with Crippen LogP contribution >= 0.6 is 23.2 Å². The van der Waals surface area contributed by atoms with Crippen molar-refractivity contribution < 1.29 is 10.2 Å². The molecule has 0 aliphatic carbocycles. The molecule has 0 amide bonds. The third-order valence-corrected chi connectivity index (χ3v) is 3.15. The van der Waals surface area contributed by atoms with Crippen molar-refractivity contribution in [3.63, 3.8) is 0 Å². The Balaban J connectivity index is 2.69. The summed E-state index contributed by atoms with van der Waals surface area (Å²) in [6.07, 6.45) is 0. The second kappa shape index (κ2) is 4.48. The monoisotopic (exact) mass is 284 g/mol. The lowest BCUT2D eigenvalue weighted by molar-refractivity contribution is 0.477. The van der Waals surface area contributed by atoms with E-state index in [9.17, 15) is 10.2 Å². The number of benzene rings is 2. The number of hydrogen-bond acceptors (Lipinski definition) is 4. The van der Waals surface area contributed by atoms with Crippen molar-refractivity contribution in [2.24, 2.45) is 0 Å². The van der Waals surface area contributed by atoms with Gasteiger partial charge < -0.3 is 21.7 Å². The number of nitrogen functional groups attached to an aromatic ring is 2. The van der Waals surface area contributed by atoms with Crippen molar-refractivity contribution in [3.05, 3.63) is 34.3 Å². The summed E-state index contributed by atoms with van der Waals surface area (Å²) in [5.41, 5.74) is 12.3. The second-order valence-electron chi connectivity index (χ2n) is 3.78. The Bertz CT molecular complexity index is 574. The highest BCUT2D eigenvalue weighted by Gasteiger charge is 2.13. The van der Waals surface area contributed by atoms with Crippen LogP contribution in [0.25, 0.3) is 11.1 Å². The van der Waals surface area contributed by atoms with E-state index in [1.807, 2.05) is 0 Å². The van der Waals surface area contributed by atoms with E-state index < -0.39 is 0 Å². The summed E-state index contributed by atoms with van der Waals surface area (Å²) in [6, 6.07) is 5.59. The van der Waals surface area contributed by atoms with Gasteiger partial charge in [0.2, 0.25) is 0 Å². The van der Waals surface area contributed by atoms with Crippen LogP contribution in [0.3, 0.4) is 0 Å². The van der Waals surface area contributed by atoms with E-state index in [0.717, 1.165) is 0 Å². The van der Waals surface area contributed by atoms with Crippen LogP contribution < -0.4 is 11.5 Å². The molecular formula is C12H10Cl2N2O2. The number of phenolic OH excluding ortho intramolecular Hbond substituents is 2. The van der Waals surface area contributed by atoms with Gasteiger partial charge in [-0.15, -0.1) is 0 Å². The molecule has 0 saturated carbocycles. The minimum atomic E-state index is -0.109. The smallest absolute Gasteiger partial charge is 0.139 e. The van der Waals surface area contributed by atoms with Gasteiger partial charge in [-0.3, -0.25) is 0 Å². The predicted molar refractivity (Wildman–Crippen MR) is 74.1 cm³/mol. The molecule has 0 aliphatic rings. The van der Waals surface area contributed by atoms with Gasteiger partial charge in [-0.25, -0.2) is 0 Å². The van der Waals surface area contributed by atoms with Crippen molar-refractivity contribution >= 4 is 34.6 Å². The molecule has 2 aromatic rings. The van der Waals surface area contributed by atoms with Crippen LogP contribution in [0.1, 0.15) is 0 Å². The van der Waals surface area contributed by atoms with Crippen LogP contribution in [0.2, 0.25) is 10.0 Å². The molecule has 0 fully saturated rings. The highest BCUT2D eigenvalue weighted by molar-refractivity contribution is 6.37. The van der Waals surface area contributed by atoms with E-state index in [2.05, 4.69) is 0 Å². The van der Waals surface area contributed by atoms with Gasteiger partial charge in [0.1, 0.15) is 11.5 Å². The molecule has 0 heterocycles. The second-order valence-corrected chi connectivity index (χ2v) is 4.60. The molecule has 6 N–H and O–H groups in total. The quantitative estimate of drug-likeness (QED) is 0.478. The zero-order chi connectivity index (χ0) is 13.4. The molecule has 0 unspecified atom stereocenters. The molecule has 18 heavy (non-hydrogen) atoms. The Kier molecular flexibility index (Phi) is 3.15. The van der Waals surface area contributed by atoms with E-state index in [0.29, 0.717) is 21.2 Å². The first-order valence-electron chi connectivity index (χ1n) is 4.96. The normalized spacial score (nSPS) is 10.6. The van der Waals surface area contributed by atoms with Crippen molar-refractivity contribution in [3.8, 4) is 22.6 Å². The summed E-state index contributed by atoms with van der Waals surface area (Å²) in [4.78, 5) is 0. The SMILES string of the molecule is Nc1cc(Cl)c(-c2cc(O)c(N)cc2Cl)cc1O. The highest BCUT2D eigenvalue weighted by atomic mass is 35.5. The Labute approximate surface area is 113 Å². The first kappa shape index (κ1) is 12.7. The fourth-order valence-electron chi connectivity index (χ4n) is 1.57. The largest absolute Gasteiger partial charge is 0.506 e. The molecule has 2 aromatic carbocycles. The fourth-order valence-corrected chi connectivity index (χ4v) is 2.12. The highest BCUT2D eigenvalue weighted by Crippen LogP contribution is 2.41. The van der Waals surface area contributed by atoms with Gasteiger partial charge >= 0.3 is 0 Å². The van der Waals surface area contributed by atoms with E-state index in [-0.39, 0.29) is 22.9 Å². The summed E-state index contributed by atoms with van der Waals surface area (Å²) in [7, 11) is 0. The molecule has 0 aliphatic heterocycles. The predicted octanol–water partition coefficient (Wildman–Crippen LogP) is 3.24. The van der Waals surface area contributed by atoms with Crippen LogP contribution in [-0.4, -0.2) is 10.2 Å². The summed E-state index contributed by atoms with van der Waals surface area (Å²) >= 11 is 12.1. The zero-order valence-electron chi connectivity index (χ0n) is 9.11. The molecule has 0 atom stereocenters. The number of nitrogens with two attached hydrogens (primary N) is 2. The topological polar surface area (TPSA) is 92.5 Å². The zero-order valence-corrected chi connectivity index (χ0v) is 10.6. The lowest BCUT2D eigenvalue weighted by Gasteiger charge is -2.11. The molecule has 0 bridgehead atoms. The third-order valence-electron chi connectivity index (χ3n) is 2.52. The average molecular weight is 285 g/mol. The van der Waals surface area contributed by atoms with Crippen molar-refractivity contribution in [1.29, 1.82) is 0 Å². The van der Waals surface area contributed by atoms with Crippen LogP contribution in [0, 0.1) is 0 Å². The molecule has 2 rings (SSSR count). The Hall–Kier alpha value is -1.78. The Morgan fingerprint density at radius 3 is 1.39 bits per heavy atom. The number of halogens is 2. The average Bonchev–Trinajstić information content (AvgIpc) is 2.29. The molecule has 4 nitrogen and oxygen atoms in total. The first-order chi connectivity index (χ1) is 8.40. The molecule has 6 heteroatoms. The van der Waals surface area contributed by atoms with Gasteiger partial charge in [0, 0.05) is 11.1 Å². The third kappa shape index (κ3) is 2.12. The van der Waals surface area contributed by atoms with E-state index >= 15 is 0 Å². The minimum Gasteiger partial charge on any atom is -0.506 e.